The molecule has 3 aromatic rings. The van der Waals surface area contributed by atoms with E-state index in [0.29, 0.717) is 42.2 Å². The largest absolute Gasteiger partial charge is 0.396 e. The number of hydrogen-bond donors (Lipinski definition) is 2. The molecule has 158 valence electrons. The molecule has 0 bridgehead atoms. The highest BCUT2D eigenvalue weighted by atomic mass is 35.5. The highest BCUT2D eigenvalue weighted by molar-refractivity contribution is 6.31. The molecule has 1 amide bonds. The van der Waals surface area contributed by atoms with Crippen LogP contribution in [0.4, 0.5) is 8.78 Å². The van der Waals surface area contributed by atoms with E-state index in [0.717, 1.165) is 22.5 Å². The summed E-state index contributed by atoms with van der Waals surface area (Å²) in [5.74, 6) is -1.42. The van der Waals surface area contributed by atoms with E-state index in [4.69, 9.17) is 11.6 Å². The van der Waals surface area contributed by atoms with Crippen molar-refractivity contribution in [1.82, 2.24) is 9.88 Å². The van der Waals surface area contributed by atoms with Gasteiger partial charge in [0.15, 0.2) is 0 Å². The molecule has 1 unspecified atom stereocenters. The fraction of sp³-hybridized carbons (Fsp3) is 0.348. The van der Waals surface area contributed by atoms with Gasteiger partial charge >= 0.3 is 0 Å². The van der Waals surface area contributed by atoms with Gasteiger partial charge in [-0.1, -0.05) is 17.7 Å². The van der Waals surface area contributed by atoms with Crippen molar-refractivity contribution < 1.29 is 18.7 Å². The fourth-order valence-corrected chi connectivity index (χ4v) is 4.62. The van der Waals surface area contributed by atoms with Crippen molar-refractivity contribution in [3.8, 4) is 0 Å². The molecule has 1 aliphatic heterocycles. The zero-order valence-corrected chi connectivity index (χ0v) is 17.4. The third kappa shape index (κ3) is 3.82. The Balaban J connectivity index is 1.61. The van der Waals surface area contributed by atoms with Crippen molar-refractivity contribution in [2.24, 2.45) is 5.41 Å². The number of piperidine rings is 1. The van der Waals surface area contributed by atoms with Crippen LogP contribution in [0, 0.1) is 24.0 Å². The van der Waals surface area contributed by atoms with Crippen LogP contribution in [0.25, 0.3) is 10.9 Å². The van der Waals surface area contributed by atoms with E-state index in [-0.39, 0.29) is 18.9 Å². The summed E-state index contributed by atoms with van der Waals surface area (Å²) in [6, 6.07) is 8.91. The van der Waals surface area contributed by atoms with Crippen LogP contribution in [0.15, 0.2) is 36.4 Å². The molecule has 1 saturated heterocycles. The van der Waals surface area contributed by atoms with Crippen molar-refractivity contribution in [3.05, 3.63) is 69.9 Å². The number of H-pyrrole nitrogens is 1. The lowest BCUT2D eigenvalue weighted by atomic mass is 9.75. The number of aliphatic hydroxyl groups excluding tert-OH is 1. The minimum absolute atomic E-state index is 0.156. The number of aryl methyl sites for hydroxylation is 1. The van der Waals surface area contributed by atoms with Crippen LogP contribution in [-0.2, 0) is 6.42 Å². The molecule has 1 aromatic heterocycles. The second-order valence-electron chi connectivity index (χ2n) is 8.22. The van der Waals surface area contributed by atoms with Gasteiger partial charge in [-0.05, 0) is 61.6 Å². The molecule has 2 N–H and O–H groups in total. The second-order valence-corrected chi connectivity index (χ2v) is 8.65. The summed E-state index contributed by atoms with van der Waals surface area (Å²) < 4.78 is 27.5. The van der Waals surface area contributed by atoms with Crippen LogP contribution >= 0.6 is 11.6 Å². The van der Waals surface area contributed by atoms with Gasteiger partial charge in [0.05, 0.1) is 6.61 Å². The average Bonchev–Trinajstić information content (AvgIpc) is 3.06. The number of amides is 1. The number of hydrogen-bond acceptors (Lipinski definition) is 2. The monoisotopic (exact) mass is 432 g/mol. The van der Waals surface area contributed by atoms with Gasteiger partial charge in [0.1, 0.15) is 17.3 Å². The quantitative estimate of drug-likeness (QED) is 0.618. The van der Waals surface area contributed by atoms with Gasteiger partial charge in [-0.3, -0.25) is 4.79 Å². The molecule has 0 saturated carbocycles. The molecular weight excluding hydrogens is 410 g/mol. The first-order valence-corrected chi connectivity index (χ1v) is 10.3. The molecule has 1 fully saturated rings. The Morgan fingerprint density at radius 1 is 1.27 bits per heavy atom. The molecule has 4 rings (SSSR count). The predicted octanol–water partition coefficient (Wildman–Crippen LogP) is 4.87. The minimum atomic E-state index is -0.671. The minimum Gasteiger partial charge on any atom is -0.396 e. The summed E-state index contributed by atoms with van der Waals surface area (Å²) in [7, 11) is 0. The lowest BCUT2D eigenvalue weighted by molar-refractivity contribution is 0.0264. The number of aliphatic hydroxyl groups is 1. The SMILES string of the molecule is Cc1c(C(=O)N2CCCC(CO)(Cc3ccc(F)cc3F)C2)[nH]c2ccc(Cl)cc12. The molecule has 1 atom stereocenters. The average molecular weight is 433 g/mol. The molecule has 0 radical (unpaired) electrons. The first-order chi connectivity index (χ1) is 14.3. The van der Waals surface area contributed by atoms with Crippen LogP contribution in [0.3, 0.4) is 0 Å². The van der Waals surface area contributed by atoms with Crippen LogP contribution in [0.1, 0.15) is 34.5 Å². The van der Waals surface area contributed by atoms with Gasteiger partial charge in [0.25, 0.3) is 5.91 Å². The number of aromatic amines is 1. The molecule has 0 aliphatic carbocycles. The summed E-state index contributed by atoms with van der Waals surface area (Å²) in [6.45, 7) is 2.55. The predicted molar refractivity (Wildman–Crippen MR) is 113 cm³/mol. The Labute approximate surface area is 178 Å². The molecule has 4 nitrogen and oxygen atoms in total. The van der Waals surface area contributed by atoms with Crippen molar-refractivity contribution >= 4 is 28.4 Å². The van der Waals surface area contributed by atoms with E-state index in [1.54, 1.807) is 11.0 Å². The van der Waals surface area contributed by atoms with Crippen molar-refractivity contribution in [3.63, 3.8) is 0 Å². The van der Waals surface area contributed by atoms with Crippen molar-refractivity contribution in [2.45, 2.75) is 26.2 Å². The van der Waals surface area contributed by atoms with Gasteiger partial charge in [-0.25, -0.2) is 8.78 Å². The Kier molecular flexibility index (Phi) is 5.55. The first kappa shape index (κ1) is 20.8. The molecular formula is C23H23ClF2N2O2. The maximum absolute atomic E-state index is 14.2. The van der Waals surface area contributed by atoms with Gasteiger partial charge in [-0.2, -0.15) is 0 Å². The number of carbonyl (C=O) groups is 1. The van der Waals surface area contributed by atoms with Gasteiger partial charge in [0, 0.05) is 40.5 Å². The Morgan fingerprint density at radius 2 is 2.07 bits per heavy atom. The van der Waals surface area contributed by atoms with E-state index < -0.39 is 17.0 Å². The molecule has 0 spiro atoms. The topological polar surface area (TPSA) is 56.3 Å². The lowest BCUT2D eigenvalue weighted by Crippen LogP contribution is -2.49. The number of nitrogens with one attached hydrogen (secondary N) is 1. The van der Waals surface area contributed by atoms with Gasteiger partial charge in [0.2, 0.25) is 0 Å². The number of nitrogens with zero attached hydrogens (tertiary/aromatic N) is 1. The smallest absolute Gasteiger partial charge is 0.270 e. The van der Waals surface area contributed by atoms with E-state index >= 15 is 0 Å². The van der Waals surface area contributed by atoms with Gasteiger partial charge in [-0.15, -0.1) is 0 Å². The van der Waals surface area contributed by atoms with E-state index in [1.807, 2.05) is 19.1 Å². The molecule has 1 aliphatic rings. The highest BCUT2D eigenvalue weighted by Gasteiger charge is 2.38. The van der Waals surface area contributed by atoms with Crippen molar-refractivity contribution in [2.75, 3.05) is 19.7 Å². The normalized spacial score (nSPS) is 19.4. The summed E-state index contributed by atoms with van der Waals surface area (Å²) in [5.41, 5.74) is 1.82. The number of aromatic nitrogens is 1. The molecule has 2 aromatic carbocycles. The number of halogens is 3. The third-order valence-corrected chi connectivity index (χ3v) is 6.33. The van der Waals surface area contributed by atoms with Crippen LogP contribution in [0.5, 0.6) is 0 Å². The summed E-state index contributed by atoms with van der Waals surface area (Å²) >= 11 is 6.09. The lowest BCUT2D eigenvalue weighted by Gasteiger charge is -2.42. The number of rotatable bonds is 4. The maximum Gasteiger partial charge on any atom is 0.270 e. The first-order valence-electron chi connectivity index (χ1n) is 9.94. The summed E-state index contributed by atoms with van der Waals surface area (Å²) in [4.78, 5) is 18.2. The standard InChI is InChI=1S/C23H23ClF2N2O2/c1-14-18-9-16(24)4-6-20(18)27-21(14)22(30)28-8-2-7-23(12-28,13-29)11-15-3-5-17(25)10-19(15)26/h3-6,9-10,27,29H,2,7-8,11-13H2,1H3. The zero-order chi connectivity index (χ0) is 21.5. The molecule has 7 heteroatoms. The van der Waals surface area contributed by atoms with Crippen LogP contribution in [-0.4, -0.2) is 40.6 Å². The van der Waals surface area contributed by atoms with E-state index in [1.165, 1.54) is 12.1 Å². The number of fused-ring (bicyclic) bond motifs is 1. The van der Waals surface area contributed by atoms with E-state index in [9.17, 15) is 18.7 Å². The Morgan fingerprint density at radius 3 is 2.80 bits per heavy atom. The van der Waals surface area contributed by atoms with Crippen LogP contribution in [0.2, 0.25) is 5.02 Å². The van der Waals surface area contributed by atoms with Crippen molar-refractivity contribution in [1.29, 1.82) is 0 Å². The summed E-state index contributed by atoms with van der Waals surface area (Å²) in [6.07, 6.45) is 1.59. The second kappa shape index (κ2) is 8.00. The highest BCUT2D eigenvalue weighted by Crippen LogP contribution is 2.35. The fourth-order valence-electron chi connectivity index (χ4n) is 4.45. The van der Waals surface area contributed by atoms with E-state index in [2.05, 4.69) is 4.98 Å². The Hall–Kier alpha value is -2.44. The molecule has 30 heavy (non-hydrogen) atoms. The number of likely N-dealkylation sites (tertiary alicyclic amines) is 1. The number of carbonyl (C=O) groups excluding carboxylic acids is 1. The molecule has 2 heterocycles. The maximum atomic E-state index is 14.2. The van der Waals surface area contributed by atoms with Gasteiger partial charge < -0.3 is 15.0 Å². The summed E-state index contributed by atoms with van der Waals surface area (Å²) in [5, 5.41) is 11.7. The zero-order valence-electron chi connectivity index (χ0n) is 16.6. The van der Waals surface area contributed by atoms with Crippen LogP contribution < -0.4 is 0 Å². The third-order valence-electron chi connectivity index (χ3n) is 6.10. The Bertz CT molecular complexity index is 1110. The number of benzene rings is 2.